The van der Waals surface area contributed by atoms with Gasteiger partial charge in [-0.05, 0) is 0 Å². The van der Waals surface area contributed by atoms with E-state index in [9.17, 15) is 0 Å². The number of halogens is 4. The maximum absolute atomic E-state index is 8.49. The molecule has 0 atom stereocenters. The summed E-state index contributed by atoms with van der Waals surface area (Å²) in [5.41, 5.74) is 0. The highest BCUT2D eigenvalue weighted by molar-refractivity contribution is 2.51. The van der Waals surface area contributed by atoms with Crippen molar-refractivity contribution in [2.45, 2.75) is 29.7 Å². The summed E-state index contributed by atoms with van der Waals surface area (Å²) < 4.78 is 75.7. The molecule has 0 saturated heterocycles. The number of hydrogen-bond donors (Lipinski definition) is 0. The van der Waals surface area contributed by atoms with Gasteiger partial charge in [-0.25, -0.2) is 18.6 Å². The van der Waals surface area contributed by atoms with Gasteiger partial charge in [0.15, 0.2) is 0 Å². The molecule has 9 nitrogen and oxygen atoms in total. The van der Waals surface area contributed by atoms with Crippen molar-refractivity contribution in [3.05, 3.63) is 0 Å². The summed E-state index contributed by atoms with van der Waals surface area (Å²) in [7, 11) is -7.80. The van der Waals surface area contributed by atoms with Crippen LogP contribution in [0.4, 0.5) is 0 Å². The molecule has 17 heavy (non-hydrogen) atoms. The molecule has 0 rings (SSSR count). The summed E-state index contributed by atoms with van der Waals surface area (Å²) in [6.45, 7) is 0. The Labute approximate surface area is 117 Å². The summed E-state index contributed by atoms with van der Waals surface area (Å²) in [6, 6.07) is 0. The van der Waals surface area contributed by atoms with Crippen molar-refractivity contribution in [3.63, 3.8) is 0 Å². The van der Waals surface area contributed by atoms with Crippen LogP contribution in [0.15, 0.2) is 0 Å². The van der Waals surface area contributed by atoms with Crippen LogP contribution >= 0.6 is 0 Å². The first-order valence-electron chi connectivity index (χ1n) is 1.39. The zero-order chi connectivity index (χ0) is 10.8. The van der Waals surface area contributed by atoms with Crippen LogP contribution in [0.2, 0.25) is 0 Å². The molecular formula is C4H16Cl4O9-4. The predicted molar refractivity (Wildman–Crippen MR) is 26.9 cm³/mol. The average molecular weight is 350 g/mol. The molecule has 13 heteroatoms. The molecule has 0 bridgehead atoms. The van der Waals surface area contributed by atoms with Crippen LogP contribution in [-0.2, 0) is 0 Å². The predicted octanol–water partition coefficient (Wildman–Crippen LogP) is -11.2. The van der Waals surface area contributed by atoms with Gasteiger partial charge in [0, 0.05) is 0 Å². The monoisotopic (exact) mass is 348 g/mol. The van der Waals surface area contributed by atoms with Crippen LogP contribution in [0.3, 0.4) is 0 Å². The van der Waals surface area contributed by atoms with Gasteiger partial charge in [0.05, 0.1) is 22.1 Å². The quantitative estimate of drug-likeness (QED) is 0.405. The second kappa shape index (κ2) is 36.0. The summed E-state index contributed by atoms with van der Waals surface area (Å²) in [5, 5.41) is 0. The first kappa shape index (κ1) is 52.3. The van der Waals surface area contributed by atoms with E-state index in [-0.39, 0.29) is 42.1 Å². The fraction of sp³-hybridized carbons (Fsp3) is 1.00. The van der Waals surface area contributed by atoms with E-state index in [2.05, 4.69) is 0 Å². The molecule has 0 radical (unpaired) electrons. The number of hydrogen-bond acceptors (Lipinski definition) is 9. The molecule has 0 spiro atoms. The lowest BCUT2D eigenvalue weighted by molar-refractivity contribution is -2.00. The maximum Gasteiger partial charge on any atom is 0.0878 e. The summed E-state index contributed by atoms with van der Waals surface area (Å²) >= 11 is -0.417. The van der Waals surface area contributed by atoms with Crippen molar-refractivity contribution < 1.29 is 86.7 Å². The highest BCUT2D eigenvalue weighted by atomic mass is 35.7. The lowest BCUT2D eigenvalue weighted by atomic mass is 12.0. The van der Waals surface area contributed by atoms with Crippen LogP contribution in [-0.4, -0.2) is 0 Å². The van der Waals surface area contributed by atoms with E-state index in [1.165, 1.54) is 0 Å². The smallest absolute Gasteiger partial charge is 0.0878 e. The molecule has 0 aromatic carbocycles. The Balaban J connectivity index is -0.0000000106. The van der Waals surface area contributed by atoms with Crippen molar-refractivity contribution in [2.75, 3.05) is 0 Å². The van der Waals surface area contributed by atoms with Gasteiger partial charge in [-0.3, -0.25) is 0 Å². The Morgan fingerprint density at radius 2 is 0.706 bits per heavy atom. The van der Waals surface area contributed by atoms with Gasteiger partial charge in [0.2, 0.25) is 0 Å². The van der Waals surface area contributed by atoms with Gasteiger partial charge in [-0.15, -0.1) is 10.2 Å². The Morgan fingerprint density at radius 1 is 0.706 bits per heavy atom. The molecule has 0 aliphatic rings. The second-order valence-electron chi connectivity index (χ2n) is 0.630. The Kier molecular flexibility index (Phi) is 111. The van der Waals surface area contributed by atoms with Crippen LogP contribution in [0.25, 0.3) is 0 Å². The molecule has 118 valence electrons. The fourth-order valence-corrected chi connectivity index (χ4v) is 0. The van der Waals surface area contributed by atoms with Crippen molar-refractivity contribution in [1.29, 1.82) is 0 Å². The molecule has 0 amide bonds. The zero-order valence-corrected chi connectivity index (χ0v) is 8.21. The molecule has 0 aliphatic carbocycles. The van der Waals surface area contributed by atoms with E-state index >= 15 is 0 Å². The molecule has 0 aromatic rings. The average Bonchev–Trinajstić information content (AvgIpc) is 1.56. The molecule has 0 saturated carbocycles. The molecular weight excluding hydrogens is 334 g/mol. The van der Waals surface area contributed by atoms with E-state index < -0.39 is 32.4 Å². The van der Waals surface area contributed by atoms with Crippen LogP contribution in [0.5, 0.6) is 0 Å². The zero-order valence-electron chi connectivity index (χ0n) is 5.19. The van der Waals surface area contributed by atoms with E-state index in [0.717, 1.165) is 0 Å². The van der Waals surface area contributed by atoms with Crippen molar-refractivity contribution in [2.24, 2.45) is 0 Å². The largest absolute Gasteiger partial charge is 1.00 e. The Bertz CT molecular complexity index is 71.1. The minimum Gasteiger partial charge on any atom is -1.00 e. The van der Waals surface area contributed by atoms with Gasteiger partial charge < -0.3 is 35.7 Å². The van der Waals surface area contributed by atoms with Gasteiger partial charge in [-0.1, -0.05) is 29.7 Å². The number of rotatable bonds is 0. The molecule has 0 unspecified atom stereocenters. The third kappa shape index (κ3) is 5750. The van der Waals surface area contributed by atoms with Gasteiger partial charge in [0.1, 0.15) is 0 Å². The fourth-order valence-electron chi connectivity index (χ4n) is 0. The summed E-state index contributed by atoms with van der Waals surface area (Å²) in [5.74, 6) is 0. The van der Waals surface area contributed by atoms with Crippen LogP contribution < -0.4 is 54.3 Å². The lowest BCUT2D eigenvalue weighted by Gasteiger charge is -2.17. The molecule has 0 aromatic heterocycles. The topological polar surface area (TPSA) is 208 Å². The van der Waals surface area contributed by atoms with Crippen molar-refractivity contribution >= 4 is 0 Å². The molecule has 0 fully saturated rings. The Morgan fingerprint density at radius 3 is 0.706 bits per heavy atom. The van der Waals surface area contributed by atoms with E-state index in [4.69, 9.17) is 41.9 Å². The minimum absolute atomic E-state index is 0. The minimum atomic E-state index is -4.94. The third-order valence-corrected chi connectivity index (χ3v) is 0. The van der Waals surface area contributed by atoms with Crippen LogP contribution in [0.1, 0.15) is 29.7 Å². The van der Waals surface area contributed by atoms with E-state index in [1.54, 1.807) is 0 Å². The highest BCUT2D eigenvalue weighted by Gasteiger charge is 1.84. The summed E-state index contributed by atoms with van der Waals surface area (Å²) in [4.78, 5) is 0. The lowest BCUT2D eigenvalue weighted by Crippen LogP contribution is -3.00. The third-order valence-electron chi connectivity index (χ3n) is 0. The van der Waals surface area contributed by atoms with E-state index in [0.29, 0.717) is 0 Å². The van der Waals surface area contributed by atoms with Crippen molar-refractivity contribution in [3.8, 4) is 0 Å². The standard InChI is InChI=1S/4CH4.ClHO4.ClO3.ClO2.ClH/c;;;;2-1(3,4)5;2-1(3)4;2-1-3;/h4*1H4;(H,2,3,4,5);;;1H/q;;;;;2*-1;/p-2. The summed E-state index contributed by atoms with van der Waals surface area (Å²) in [6.07, 6.45) is 0. The molecule has 0 aliphatic heterocycles. The molecule has 0 N–H and O–H groups in total. The van der Waals surface area contributed by atoms with Gasteiger partial charge in [-0.2, -0.15) is 0 Å². The first-order valence-corrected chi connectivity index (χ1v) is 4.17. The normalized spacial score (nSPS) is 6.71. The second-order valence-corrected chi connectivity index (χ2v) is 1.89. The Hall–Kier alpha value is 0.800. The first-order chi connectivity index (χ1) is 5.15. The highest BCUT2D eigenvalue weighted by Crippen LogP contribution is 1.49. The van der Waals surface area contributed by atoms with Crippen LogP contribution in [0, 0.1) is 32.4 Å². The van der Waals surface area contributed by atoms with E-state index in [1.807, 2.05) is 0 Å². The van der Waals surface area contributed by atoms with Gasteiger partial charge >= 0.3 is 0 Å². The maximum atomic E-state index is 8.49. The SMILES string of the molecule is C.C.C.C.[Cl-].[O-][Cl+2]([O-])[O-].[O-][Cl+3]([O-])([O-])[O-].[O-][Cl+][O-]. The van der Waals surface area contributed by atoms with Crippen molar-refractivity contribution in [1.82, 2.24) is 0 Å². The van der Waals surface area contributed by atoms with Gasteiger partial charge in [0.25, 0.3) is 0 Å². The molecule has 0 heterocycles.